The van der Waals surface area contributed by atoms with Crippen LogP contribution >= 0.6 is 0 Å². The molecule has 8 nitrogen and oxygen atoms in total. The van der Waals surface area contributed by atoms with E-state index in [1.165, 1.54) is 0 Å². The fourth-order valence-corrected chi connectivity index (χ4v) is 6.69. The molecular weight excluding hydrogens is 540 g/mol. The number of nitrogens with one attached hydrogen (secondary N) is 2. The number of hydrogen-bond donors (Lipinski definition) is 4. The van der Waals surface area contributed by atoms with E-state index in [-0.39, 0.29) is 30.9 Å². The van der Waals surface area contributed by atoms with Crippen molar-refractivity contribution in [2.24, 2.45) is 11.8 Å². The third-order valence-electron chi connectivity index (χ3n) is 7.99. The Morgan fingerprint density at radius 3 is 2.20 bits per heavy atom. The standard InChI is InChI=1S/C32H46N2O6S/c1-6-14-27(33-30(37)26(22-41(39,40)23(3)4)20-24-16-10-8-11-17-24)31(38)34-32(5,29(36)28(35)15-7-2)21-25-18-12-9-13-19-25/h1-2,8,10-11,16-17,23,25-29,35-36H,9,12-15,18-22H2,3-5H3,(H,33,37)(H,34,38)/t26-,27+,28+,29+,32+/m1/s1. The maximum atomic E-state index is 13.6. The average Bonchev–Trinajstić information content (AvgIpc) is 2.92. The maximum Gasteiger partial charge on any atom is 0.244 e. The molecule has 0 aliphatic heterocycles. The third kappa shape index (κ3) is 10.5. The Balaban J connectivity index is 2.30. The molecule has 226 valence electrons. The van der Waals surface area contributed by atoms with Crippen molar-refractivity contribution in [3.05, 3.63) is 35.9 Å². The van der Waals surface area contributed by atoms with Crippen molar-refractivity contribution in [2.75, 3.05) is 5.75 Å². The SMILES string of the molecule is C#CC[C@H](NC(=O)[C@H](Cc1ccccc1)CS(=O)(=O)C(C)C)C(=O)N[C@@](C)(CC1CCCCC1)[C@@H](O)[C@@H](O)CC#C. The first kappa shape index (κ1) is 34.4. The second kappa shape index (κ2) is 16.0. The highest BCUT2D eigenvalue weighted by Gasteiger charge is 2.42. The highest BCUT2D eigenvalue weighted by molar-refractivity contribution is 7.92. The maximum absolute atomic E-state index is 13.6. The lowest BCUT2D eigenvalue weighted by molar-refractivity contribution is -0.133. The van der Waals surface area contributed by atoms with Gasteiger partial charge in [-0.3, -0.25) is 9.59 Å². The van der Waals surface area contributed by atoms with Gasteiger partial charge in [0, 0.05) is 12.8 Å². The lowest BCUT2D eigenvalue weighted by Crippen LogP contribution is -2.62. The summed E-state index contributed by atoms with van der Waals surface area (Å²) >= 11 is 0. The van der Waals surface area contributed by atoms with Gasteiger partial charge in [-0.05, 0) is 45.1 Å². The van der Waals surface area contributed by atoms with Crippen molar-refractivity contribution in [3.63, 3.8) is 0 Å². The molecule has 41 heavy (non-hydrogen) atoms. The van der Waals surface area contributed by atoms with E-state index in [9.17, 15) is 28.2 Å². The molecule has 1 fully saturated rings. The smallest absolute Gasteiger partial charge is 0.244 e. The highest BCUT2D eigenvalue weighted by Crippen LogP contribution is 2.33. The van der Waals surface area contributed by atoms with Crippen LogP contribution in [0.25, 0.3) is 0 Å². The number of carbonyl (C=O) groups is 2. The Labute approximate surface area is 246 Å². The predicted octanol–water partition coefficient (Wildman–Crippen LogP) is 2.77. The van der Waals surface area contributed by atoms with E-state index in [4.69, 9.17) is 12.8 Å². The highest BCUT2D eigenvalue weighted by atomic mass is 32.2. The lowest BCUT2D eigenvalue weighted by Gasteiger charge is -2.41. The Bertz CT molecular complexity index is 1180. The molecule has 9 heteroatoms. The molecule has 0 saturated heterocycles. The Morgan fingerprint density at radius 2 is 1.63 bits per heavy atom. The van der Waals surface area contributed by atoms with Crippen LogP contribution in [0.2, 0.25) is 0 Å². The molecule has 1 saturated carbocycles. The molecule has 0 radical (unpaired) electrons. The Morgan fingerprint density at radius 1 is 1.02 bits per heavy atom. The van der Waals surface area contributed by atoms with Crippen molar-refractivity contribution >= 4 is 21.7 Å². The number of hydrogen-bond acceptors (Lipinski definition) is 6. The molecule has 1 aromatic rings. The monoisotopic (exact) mass is 586 g/mol. The fraction of sp³-hybridized carbons (Fsp3) is 0.625. The molecule has 0 spiro atoms. The molecule has 4 N–H and O–H groups in total. The zero-order valence-electron chi connectivity index (χ0n) is 24.5. The van der Waals surface area contributed by atoms with E-state index >= 15 is 0 Å². The van der Waals surface area contributed by atoms with Gasteiger partial charge in [-0.25, -0.2) is 8.42 Å². The van der Waals surface area contributed by atoms with Crippen LogP contribution in [0.15, 0.2) is 30.3 Å². The van der Waals surface area contributed by atoms with Gasteiger partial charge < -0.3 is 20.8 Å². The van der Waals surface area contributed by atoms with Crippen LogP contribution in [0.4, 0.5) is 0 Å². The van der Waals surface area contributed by atoms with Gasteiger partial charge in [0.1, 0.15) is 12.1 Å². The number of aliphatic hydroxyl groups excluding tert-OH is 2. The van der Waals surface area contributed by atoms with E-state index in [2.05, 4.69) is 22.5 Å². The first-order valence-electron chi connectivity index (χ1n) is 14.4. The minimum atomic E-state index is -3.58. The van der Waals surface area contributed by atoms with Crippen LogP contribution in [-0.4, -0.2) is 65.2 Å². The number of terminal acetylenes is 2. The van der Waals surface area contributed by atoms with Crippen LogP contribution in [0, 0.1) is 36.5 Å². The molecule has 2 rings (SSSR count). The second-order valence-corrected chi connectivity index (χ2v) is 14.4. The number of amides is 2. The van der Waals surface area contributed by atoms with Crippen LogP contribution in [-0.2, 0) is 25.8 Å². The summed E-state index contributed by atoms with van der Waals surface area (Å²) in [4.78, 5) is 27.1. The summed E-state index contributed by atoms with van der Waals surface area (Å²) in [6, 6.07) is 7.90. The van der Waals surface area contributed by atoms with Gasteiger partial charge in [0.05, 0.1) is 28.6 Å². The lowest BCUT2D eigenvalue weighted by atomic mass is 9.76. The van der Waals surface area contributed by atoms with E-state index < -0.39 is 56.6 Å². The number of rotatable bonds is 15. The molecule has 0 heterocycles. The van der Waals surface area contributed by atoms with Gasteiger partial charge in [-0.1, -0.05) is 62.4 Å². The first-order chi connectivity index (χ1) is 19.3. The van der Waals surface area contributed by atoms with Crippen molar-refractivity contribution in [1.29, 1.82) is 0 Å². The fourth-order valence-electron chi connectivity index (χ4n) is 5.48. The predicted molar refractivity (Wildman–Crippen MR) is 161 cm³/mol. The second-order valence-electron chi connectivity index (χ2n) is 11.8. The molecule has 0 aromatic heterocycles. The number of aliphatic hydroxyl groups is 2. The van der Waals surface area contributed by atoms with E-state index in [0.29, 0.717) is 6.42 Å². The Hall–Kier alpha value is -2.85. The molecule has 0 bridgehead atoms. The van der Waals surface area contributed by atoms with Crippen molar-refractivity contribution < 1.29 is 28.2 Å². The number of benzene rings is 1. The largest absolute Gasteiger partial charge is 0.389 e. The van der Waals surface area contributed by atoms with E-state index in [0.717, 1.165) is 37.7 Å². The van der Waals surface area contributed by atoms with Crippen molar-refractivity contribution in [3.8, 4) is 24.7 Å². The van der Waals surface area contributed by atoms with Crippen LogP contribution in [0.3, 0.4) is 0 Å². The molecule has 1 aliphatic carbocycles. The van der Waals surface area contributed by atoms with Crippen LogP contribution in [0.5, 0.6) is 0 Å². The molecule has 2 amide bonds. The summed E-state index contributed by atoms with van der Waals surface area (Å²) in [5.41, 5.74) is -0.451. The average molecular weight is 587 g/mol. The summed E-state index contributed by atoms with van der Waals surface area (Å²) < 4.78 is 25.6. The van der Waals surface area contributed by atoms with Gasteiger partial charge >= 0.3 is 0 Å². The quantitative estimate of drug-likeness (QED) is 0.234. The van der Waals surface area contributed by atoms with Gasteiger partial charge in [0.25, 0.3) is 0 Å². The molecule has 5 atom stereocenters. The summed E-state index contributed by atoms with van der Waals surface area (Å²) in [5, 5.41) is 26.6. The topological polar surface area (TPSA) is 133 Å². The zero-order chi connectivity index (χ0) is 30.6. The minimum Gasteiger partial charge on any atom is -0.389 e. The van der Waals surface area contributed by atoms with Crippen molar-refractivity contribution in [2.45, 2.75) is 108 Å². The van der Waals surface area contributed by atoms with Crippen LogP contribution in [0.1, 0.15) is 77.7 Å². The van der Waals surface area contributed by atoms with Crippen LogP contribution < -0.4 is 10.6 Å². The zero-order valence-corrected chi connectivity index (χ0v) is 25.3. The van der Waals surface area contributed by atoms with Gasteiger partial charge in [-0.2, -0.15) is 0 Å². The van der Waals surface area contributed by atoms with E-state index in [1.54, 1.807) is 20.8 Å². The van der Waals surface area contributed by atoms with Gasteiger partial charge in [0.15, 0.2) is 9.84 Å². The molecule has 0 unspecified atom stereocenters. The van der Waals surface area contributed by atoms with Crippen molar-refractivity contribution in [1.82, 2.24) is 10.6 Å². The van der Waals surface area contributed by atoms with Gasteiger partial charge in [0.2, 0.25) is 11.8 Å². The Kier molecular flexibility index (Phi) is 13.4. The third-order valence-corrected chi connectivity index (χ3v) is 10.3. The number of sulfone groups is 1. The molecular formula is C32H46N2O6S. The first-order valence-corrected chi connectivity index (χ1v) is 16.2. The van der Waals surface area contributed by atoms with Gasteiger partial charge in [-0.15, -0.1) is 24.7 Å². The minimum absolute atomic E-state index is 0.0900. The molecule has 1 aromatic carbocycles. The normalized spacial score (nSPS) is 18.6. The summed E-state index contributed by atoms with van der Waals surface area (Å²) in [6.45, 7) is 4.80. The number of carbonyl (C=O) groups excluding carboxylic acids is 2. The summed E-state index contributed by atoms with van der Waals surface area (Å²) in [6.07, 6.45) is 13.8. The summed E-state index contributed by atoms with van der Waals surface area (Å²) in [5.74, 6) is 2.45. The molecule has 1 aliphatic rings. The summed E-state index contributed by atoms with van der Waals surface area (Å²) in [7, 11) is -3.58. The van der Waals surface area contributed by atoms with E-state index in [1.807, 2.05) is 30.3 Å².